The Morgan fingerprint density at radius 2 is 2.15 bits per heavy atom. The molecule has 1 aliphatic carbocycles. The number of rotatable bonds is 5. The van der Waals surface area contributed by atoms with Crippen molar-refractivity contribution in [3.05, 3.63) is 22.9 Å². The fraction of sp³-hybridized carbons (Fsp3) is 0.706. The highest BCUT2D eigenvalue weighted by atomic mass is 16.5. The van der Waals surface area contributed by atoms with E-state index in [1.807, 2.05) is 6.92 Å². The summed E-state index contributed by atoms with van der Waals surface area (Å²) in [6.45, 7) is 10.4. The summed E-state index contributed by atoms with van der Waals surface area (Å²) in [4.78, 5) is 4.64. The van der Waals surface area contributed by atoms with Crippen molar-refractivity contribution >= 4 is 0 Å². The SMILES string of the molecule is CCNCc1c(C)cc(C)nc1OC1CCCC(C)C1. The predicted octanol–water partition coefficient (Wildman–Crippen LogP) is 3.77. The summed E-state index contributed by atoms with van der Waals surface area (Å²) in [6.07, 6.45) is 5.28. The molecule has 3 nitrogen and oxygen atoms in total. The molecule has 0 radical (unpaired) electrons. The van der Waals surface area contributed by atoms with Gasteiger partial charge >= 0.3 is 0 Å². The number of ether oxygens (including phenoxy) is 1. The maximum Gasteiger partial charge on any atom is 0.218 e. The number of nitrogens with zero attached hydrogens (tertiary/aromatic N) is 1. The van der Waals surface area contributed by atoms with Crippen LogP contribution in [0, 0.1) is 19.8 Å². The molecule has 1 aromatic rings. The molecule has 0 aliphatic heterocycles. The lowest BCUT2D eigenvalue weighted by atomic mass is 9.89. The van der Waals surface area contributed by atoms with Crippen LogP contribution < -0.4 is 10.1 Å². The standard InChI is InChI=1S/C17H28N2O/c1-5-18-11-16-13(3)10-14(4)19-17(16)20-15-8-6-7-12(2)9-15/h10,12,15,18H,5-9,11H2,1-4H3. The molecule has 0 aromatic carbocycles. The van der Waals surface area contributed by atoms with Gasteiger partial charge in [-0.05, 0) is 57.2 Å². The Bertz CT molecular complexity index is 445. The third-order valence-corrected chi connectivity index (χ3v) is 4.16. The van der Waals surface area contributed by atoms with Crippen molar-refractivity contribution in [3.63, 3.8) is 0 Å². The minimum Gasteiger partial charge on any atom is -0.474 e. The Labute approximate surface area is 123 Å². The van der Waals surface area contributed by atoms with Crippen molar-refractivity contribution in [2.75, 3.05) is 6.54 Å². The Kier molecular flexibility index (Phi) is 5.41. The topological polar surface area (TPSA) is 34.2 Å². The minimum atomic E-state index is 0.341. The summed E-state index contributed by atoms with van der Waals surface area (Å²) in [6, 6.07) is 2.14. The van der Waals surface area contributed by atoms with Gasteiger partial charge in [0, 0.05) is 17.8 Å². The average Bonchev–Trinajstić information content (AvgIpc) is 2.37. The summed E-state index contributed by atoms with van der Waals surface area (Å²) in [7, 11) is 0. The zero-order chi connectivity index (χ0) is 14.5. The third kappa shape index (κ3) is 3.95. The number of pyridine rings is 1. The second-order valence-corrected chi connectivity index (χ2v) is 6.16. The van der Waals surface area contributed by atoms with Crippen LogP contribution in [0.5, 0.6) is 5.88 Å². The van der Waals surface area contributed by atoms with Crippen LogP contribution in [0.1, 0.15) is 56.4 Å². The van der Waals surface area contributed by atoms with Crippen LogP contribution in [0.2, 0.25) is 0 Å². The van der Waals surface area contributed by atoms with E-state index in [4.69, 9.17) is 4.74 Å². The molecule has 2 rings (SSSR count). The number of nitrogens with one attached hydrogen (secondary N) is 1. The van der Waals surface area contributed by atoms with E-state index in [1.54, 1.807) is 0 Å². The lowest BCUT2D eigenvalue weighted by Gasteiger charge is -2.28. The Morgan fingerprint density at radius 3 is 2.85 bits per heavy atom. The van der Waals surface area contributed by atoms with Gasteiger partial charge in [-0.25, -0.2) is 4.98 Å². The van der Waals surface area contributed by atoms with Crippen molar-refractivity contribution in [2.45, 2.75) is 66.0 Å². The van der Waals surface area contributed by atoms with Gasteiger partial charge in [0.2, 0.25) is 5.88 Å². The molecule has 0 amide bonds. The molecule has 1 aliphatic rings. The summed E-state index contributed by atoms with van der Waals surface area (Å²) in [5.74, 6) is 1.62. The molecule has 2 unspecified atom stereocenters. The molecular weight excluding hydrogens is 248 g/mol. The largest absolute Gasteiger partial charge is 0.474 e. The molecule has 1 N–H and O–H groups in total. The van der Waals surface area contributed by atoms with E-state index >= 15 is 0 Å². The van der Waals surface area contributed by atoms with Crippen molar-refractivity contribution in [1.29, 1.82) is 0 Å². The maximum atomic E-state index is 6.26. The molecule has 3 heteroatoms. The predicted molar refractivity (Wildman–Crippen MR) is 83.1 cm³/mol. The molecule has 1 aromatic heterocycles. The van der Waals surface area contributed by atoms with E-state index in [0.717, 1.165) is 37.0 Å². The number of aryl methyl sites for hydroxylation is 2. The van der Waals surface area contributed by atoms with E-state index < -0.39 is 0 Å². The molecule has 112 valence electrons. The van der Waals surface area contributed by atoms with Gasteiger partial charge in [0.1, 0.15) is 6.10 Å². The summed E-state index contributed by atoms with van der Waals surface area (Å²) >= 11 is 0. The van der Waals surface area contributed by atoms with Gasteiger partial charge < -0.3 is 10.1 Å². The first-order valence-corrected chi connectivity index (χ1v) is 7.94. The highest BCUT2D eigenvalue weighted by Crippen LogP contribution is 2.29. The van der Waals surface area contributed by atoms with Crippen LogP contribution in [-0.2, 0) is 6.54 Å². The molecule has 1 fully saturated rings. The minimum absolute atomic E-state index is 0.341. The molecule has 1 saturated carbocycles. The van der Waals surface area contributed by atoms with Crippen molar-refractivity contribution < 1.29 is 4.74 Å². The summed E-state index contributed by atoms with van der Waals surface area (Å²) < 4.78 is 6.26. The van der Waals surface area contributed by atoms with Crippen LogP contribution >= 0.6 is 0 Å². The smallest absolute Gasteiger partial charge is 0.218 e. The van der Waals surface area contributed by atoms with E-state index in [-0.39, 0.29) is 0 Å². The lowest BCUT2D eigenvalue weighted by molar-refractivity contribution is 0.122. The summed E-state index contributed by atoms with van der Waals surface area (Å²) in [5, 5.41) is 3.39. The van der Waals surface area contributed by atoms with E-state index in [0.29, 0.717) is 6.10 Å². The average molecular weight is 276 g/mol. The van der Waals surface area contributed by atoms with Gasteiger partial charge in [0.25, 0.3) is 0 Å². The second kappa shape index (κ2) is 7.07. The number of aromatic nitrogens is 1. The number of hydrogen-bond donors (Lipinski definition) is 1. The Morgan fingerprint density at radius 1 is 1.35 bits per heavy atom. The van der Waals surface area contributed by atoms with Crippen molar-refractivity contribution in [1.82, 2.24) is 10.3 Å². The maximum absolute atomic E-state index is 6.26. The fourth-order valence-electron chi connectivity index (χ4n) is 3.03. The molecule has 0 spiro atoms. The molecule has 1 heterocycles. The highest BCUT2D eigenvalue weighted by Gasteiger charge is 2.22. The quantitative estimate of drug-likeness (QED) is 0.889. The Hall–Kier alpha value is -1.09. The van der Waals surface area contributed by atoms with E-state index in [1.165, 1.54) is 30.4 Å². The molecule has 0 saturated heterocycles. The van der Waals surface area contributed by atoms with Gasteiger partial charge in [-0.2, -0.15) is 0 Å². The van der Waals surface area contributed by atoms with Crippen LogP contribution in [0.15, 0.2) is 6.07 Å². The van der Waals surface area contributed by atoms with Crippen LogP contribution in [-0.4, -0.2) is 17.6 Å². The first kappa shape index (κ1) is 15.3. The monoisotopic (exact) mass is 276 g/mol. The van der Waals surface area contributed by atoms with Gasteiger partial charge in [-0.15, -0.1) is 0 Å². The van der Waals surface area contributed by atoms with Gasteiger partial charge in [0.15, 0.2) is 0 Å². The van der Waals surface area contributed by atoms with E-state index in [2.05, 4.69) is 37.1 Å². The van der Waals surface area contributed by atoms with Crippen LogP contribution in [0.25, 0.3) is 0 Å². The van der Waals surface area contributed by atoms with Gasteiger partial charge in [-0.3, -0.25) is 0 Å². The van der Waals surface area contributed by atoms with Crippen molar-refractivity contribution in [3.8, 4) is 5.88 Å². The van der Waals surface area contributed by atoms with Crippen LogP contribution in [0.3, 0.4) is 0 Å². The van der Waals surface area contributed by atoms with Gasteiger partial charge in [0.05, 0.1) is 0 Å². The molecule has 20 heavy (non-hydrogen) atoms. The molecule has 2 atom stereocenters. The lowest BCUT2D eigenvalue weighted by Crippen LogP contribution is -2.26. The zero-order valence-electron chi connectivity index (χ0n) is 13.3. The van der Waals surface area contributed by atoms with Gasteiger partial charge in [-0.1, -0.05) is 20.3 Å². The van der Waals surface area contributed by atoms with Crippen LogP contribution in [0.4, 0.5) is 0 Å². The normalized spacial score (nSPS) is 22.8. The molecular formula is C17H28N2O. The highest BCUT2D eigenvalue weighted by molar-refractivity contribution is 5.36. The molecule has 0 bridgehead atoms. The van der Waals surface area contributed by atoms with E-state index in [9.17, 15) is 0 Å². The third-order valence-electron chi connectivity index (χ3n) is 4.16. The number of hydrogen-bond acceptors (Lipinski definition) is 3. The fourth-order valence-corrected chi connectivity index (χ4v) is 3.03. The first-order valence-electron chi connectivity index (χ1n) is 7.94. The summed E-state index contributed by atoms with van der Waals surface area (Å²) in [5.41, 5.74) is 3.54. The first-order chi connectivity index (χ1) is 9.60. The van der Waals surface area contributed by atoms with Crippen molar-refractivity contribution in [2.24, 2.45) is 5.92 Å². The zero-order valence-corrected chi connectivity index (χ0v) is 13.3. The second-order valence-electron chi connectivity index (χ2n) is 6.16. The Balaban J connectivity index is 2.15.